The number of hydrogen-bond donors (Lipinski definition) is 2. The molecule has 6 nitrogen and oxygen atoms in total. The number of hydrogen-bond acceptors (Lipinski definition) is 6. The Balaban J connectivity index is 2.13. The van der Waals surface area contributed by atoms with E-state index in [-0.39, 0.29) is 11.4 Å². The van der Waals surface area contributed by atoms with Crippen LogP contribution in [-0.2, 0) is 21.3 Å². The normalized spacial score (nSPS) is 18.4. The molecule has 0 bridgehead atoms. The molecule has 0 unspecified atom stereocenters. The van der Waals surface area contributed by atoms with Crippen LogP contribution in [0.5, 0.6) is 0 Å². The molecule has 0 aliphatic carbocycles. The Morgan fingerprint density at radius 2 is 2.18 bits per heavy atom. The van der Waals surface area contributed by atoms with E-state index < -0.39 is 10.0 Å². The van der Waals surface area contributed by atoms with E-state index in [1.165, 1.54) is 11.3 Å². The summed E-state index contributed by atoms with van der Waals surface area (Å²) < 4.78 is 29.4. The molecule has 0 radical (unpaired) electrons. The quantitative estimate of drug-likeness (QED) is 0.791. The third-order valence-corrected chi connectivity index (χ3v) is 4.97. The first-order valence-corrected chi connectivity index (χ1v) is 7.61. The van der Waals surface area contributed by atoms with Crippen molar-refractivity contribution in [1.29, 1.82) is 0 Å². The van der Waals surface area contributed by atoms with Gasteiger partial charge in [0.05, 0.1) is 18.1 Å². The topological polar surface area (TPSA) is 84.7 Å². The molecule has 0 aromatic carbocycles. The van der Waals surface area contributed by atoms with Crippen molar-refractivity contribution in [3.63, 3.8) is 0 Å². The van der Waals surface area contributed by atoms with Crippen LogP contribution in [0.3, 0.4) is 0 Å². The highest BCUT2D eigenvalue weighted by atomic mass is 32.2. The predicted octanol–water partition coefficient (Wildman–Crippen LogP) is -0.268. The lowest BCUT2D eigenvalue weighted by molar-refractivity contribution is 0.0272. The van der Waals surface area contributed by atoms with E-state index in [1.54, 1.807) is 16.5 Å². The number of hydrazine groups is 1. The summed E-state index contributed by atoms with van der Waals surface area (Å²) in [4.78, 5) is 3.50. The van der Waals surface area contributed by atoms with Crippen molar-refractivity contribution in [3.05, 3.63) is 16.3 Å². The lowest BCUT2D eigenvalue weighted by Crippen LogP contribution is -2.48. The van der Waals surface area contributed by atoms with Gasteiger partial charge in [-0.15, -0.1) is 16.2 Å². The summed E-state index contributed by atoms with van der Waals surface area (Å²) in [7, 11) is -3.51. The Labute approximate surface area is 104 Å². The molecule has 17 heavy (non-hydrogen) atoms. The van der Waals surface area contributed by atoms with E-state index >= 15 is 0 Å². The van der Waals surface area contributed by atoms with Crippen LogP contribution in [0.2, 0.25) is 0 Å². The number of nitrogens with one attached hydrogen (secondary N) is 1. The Kier molecular flexibility index (Phi) is 4.13. The fourth-order valence-corrected chi connectivity index (χ4v) is 4.05. The predicted molar refractivity (Wildman–Crippen MR) is 64.9 cm³/mol. The number of sulfonamides is 1. The van der Waals surface area contributed by atoms with Crippen LogP contribution >= 0.6 is 11.3 Å². The van der Waals surface area contributed by atoms with E-state index in [9.17, 15) is 8.42 Å². The molecule has 1 aromatic heterocycles. The lowest BCUT2D eigenvalue weighted by Gasteiger charge is -2.26. The zero-order chi connectivity index (χ0) is 12.3. The van der Waals surface area contributed by atoms with Crippen molar-refractivity contribution in [3.8, 4) is 0 Å². The van der Waals surface area contributed by atoms with Crippen molar-refractivity contribution in [2.45, 2.75) is 11.4 Å². The monoisotopic (exact) mass is 277 g/mol. The summed E-state index contributed by atoms with van der Waals surface area (Å²) in [6, 6.07) is 1.58. The van der Waals surface area contributed by atoms with Gasteiger partial charge in [-0.05, 0) is 11.4 Å². The van der Waals surface area contributed by atoms with Gasteiger partial charge in [-0.2, -0.15) is 0 Å². The third-order valence-electron chi connectivity index (χ3n) is 2.44. The molecule has 1 fully saturated rings. The average molecular weight is 277 g/mol. The van der Waals surface area contributed by atoms with Crippen LogP contribution in [0, 0.1) is 0 Å². The van der Waals surface area contributed by atoms with Gasteiger partial charge in [-0.1, -0.05) is 0 Å². The molecule has 0 atom stereocenters. The number of rotatable bonds is 4. The zero-order valence-corrected chi connectivity index (χ0v) is 10.9. The molecule has 1 aromatic rings. The van der Waals surface area contributed by atoms with Crippen LogP contribution in [0.15, 0.2) is 16.3 Å². The minimum Gasteiger partial charge on any atom is -0.379 e. The minimum atomic E-state index is -3.51. The van der Waals surface area contributed by atoms with E-state index in [2.05, 4.69) is 4.83 Å². The first kappa shape index (κ1) is 12.9. The first-order chi connectivity index (χ1) is 8.13. The summed E-state index contributed by atoms with van der Waals surface area (Å²) >= 11 is 1.35. The van der Waals surface area contributed by atoms with E-state index in [4.69, 9.17) is 10.5 Å². The van der Waals surface area contributed by atoms with Crippen LogP contribution < -0.4 is 10.6 Å². The average Bonchev–Trinajstić information content (AvgIpc) is 2.78. The molecule has 0 amide bonds. The van der Waals surface area contributed by atoms with Crippen molar-refractivity contribution in [2.75, 3.05) is 26.3 Å². The summed E-state index contributed by atoms with van der Waals surface area (Å²) in [5.74, 6) is 0. The van der Waals surface area contributed by atoms with Gasteiger partial charge >= 0.3 is 0 Å². The maximum Gasteiger partial charge on any atom is 0.254 e. The fourth-order valence-electron chi connectivity index (χ4n) is 1.59. The number of thiophene rings is 1. The Bertz CT molecular complexity index is 466. The fraction of sp³-hybridized carbons (Fsp3) is 0.556. The van der Waals surface area contributed by atoms with Crippen LogP contribution in [0.4, 0.5) is 0 Å². The van der Waals surface area contributed by atoms with Crippen molar-refractivity contribution in [1.82, 2.24) is 9.84 Å². The van der Waals surface area contributed by atoms with Crippen molar-refractivity contribution in [2.24, 2.45) is 5.73 Å². The van der Waals surface area contributed by atoms with Crippen LogP contribution in [0.25, 0.3) is 0 Å². The van der Waals surface area contributed by atoms with Gasteiger partial charge in [0.15, 0.2) is 0 Å². The molecule has 0 saturated carbocycles. The summed E-state index contributed by atoms with van der Waals surface area (Å²) in [6.07, 6.45) is 0. The molecule has 3 N–H and O–H groups in total. The number of ether oxygens (including phenoxy) is 1. The standard InChI is InChI=1S/C9H15N3O3S2/c10-7-8-9(1-6-16-8)17(13,14)11-12-2-4-15-5-3-12/h1,6,11H,2-5,7,10H2. The Morgan fingerprint density at radius 3 is 2.82 bits per heavy atom. The zero-order valence-electron chi connectivity index (χ0n) is 9.26. The maximum atomic E-state index is 12.1. The molecule has 1 aliphatic rings. The number of nitrogens with two attached hydrogens (primary N) is 1. The first-order valence-electron chi connectivity index (χ1n) is 5.25. The number of morpholine rings is 1. The molecule has 1 aliphatic heterocycles. The molecule has 1 saturated heterocycles. The van der Waals surface area contributed by atoms with Crippen molar-refractivity contribution >= 4 is 21.4 Å². The second-order valence-electron chi connectivity index (χ2n) is 3.61. The lowest BCUT2D eigenvalue weighted by atomic mass is 10.5. The van der Waals surface area contributed by atoms with E-state index in [0.717, 1.165) is 0 Å². The highest BCUT2D eigenvalue weighted by Gasteiger charge is 2.23. The second kappa shape index (κ2) is 5.42. The highest BCUT2D eigenvalue weighted by molar-refractivity contribution is 7.89. The number of nitrogens with zero attached hydrogens (tertiary/aromatic N) is 1. The Morgan fingerprint density at radius 1 is 1.47 bits per heavy atom. The molecular formula is C9H15N3O3S2. The SMILES string of the molecule is NCc1sccc1S(=O)(=O)NN1CCOCC1. The molecule has 2 heterocycles. The van der Waals surface area contributed by atoms with Gasteiger partial charge in [0.2, 0.25) is 0 Å². The summed E-state index contributed by atoms with van der Waals surface area (Å²) in [5, 5.41) is 3.38. The van der Waals surface area contributed by atoms with Crippen LogP contribution in [0.1, 0.15) is 4.88 Å². The van der Waals surface area contributed by atoms with E-state index in [0.29, 0.717) is 31.2 Å². The van der Waals surface area contributed by atoms with E-state index in [1.807, 2.05) is 0 Å². The second-order valence-corrected chi connectivity index (χ2v) is 6.24. The van der Waals surface area contributed by atoms with Gasteiger partial charge in [0.25, 0.3) is 10.0 Å². The maximum absolute atomic E-state index is 12.1. The molecule has 96 valence electrons. The van der Waals surface area contributed by atoms with Gasteiger partial charge < -0.3 is 10.5 Å². The van der Waals surface area contributed by atoms with Gasteiger partial charge in [-0.25, -0.2) is 13.4 Å². The molecular weight excluding hydrogens is 262 g/mol. The smallest absolute Gasteiger partial charge is 0.254 e. The molecule has 2 rings (SSSR count). The molecule has 0 spiro atoms. The Hall–Kier alpha value is -0.510. The van der Waals surface area contributed by atoms with Gasteiger partial charge in [-0.3, -0.25) is 0 Å². The minimum absolute atomic E-state index is 0.233. The van der Waals surface area contributed by atoms with Crippen LogP contribution in [-0.4, -0.2) is 39.7 Å². The third kappa shape index (κ3) is 3.03. The summed E-state index contributed by atoms with van der Waals surface area (Å²) in [5.41, 5.74) is 5.51. The largest absolute Gasteiger partial charge is 0.379 e. The van der Waals surface area contributed by atoms with Gasteiger partial charge in [0, 0.05) is 24.5 Å². The molecule has 8 heteroatoms. The van der Waals surface area contributed by atoms with Gasteiger partial charge in [0.1, 0.15) is 0 Å². The highest BCUT2D eigenvalue weighted by Crippen LogP contribution is 2.21. The van der Waals surface area contributed by atoms with Crippen molar-refractivity contribution < 1.29 is 13.2 Å². The summed E-state index contributed by atoms with van der Waals surface area (Å²) in [6.45, 7) is 2.42.